The number of aryl methyl sites for hydroxylation is 2. The number of hydrogen-bond donors (Lipinski definition) is 1. The number of fused-ring (bicyclic) bond motifs is 1. The van der Waals surface area contributed by atoms with Crippen LogP contribution in [-0.2, 0) is 6.42 Å². The SMILES string of the molecule is CCN(c1ccccc1C)C1CCCc2cc(Oc3ccc(C(N)=O)cn3)ccc21. The number of carbonyl (C=O) groups is 1. The van der Waals surface area contributed by atoms with E-state index in [1.165, 1.54) is 28.6 Å². The average molecular weight is 402 g/mol. The van der Waals surface area contributed by atoms with Gasteiger partial charge in [0.05, 0.1) is 11.6 Å². The number of hydrogen-bond acceptors (Lipinski definition) is 4. The van der Waals surface area contributed by atoms with E-state index in [-0.39, 0.29) is 0 Å². The van der Waals surface area contributed by atoms with Gasteiger partial charge >= 0.3 is 0 Å². The topological polar surface area (TPSA) is 68.5 Å². The molecule has 1 unspecified atom stereocenters. The predicted molar refractivity (Wildman–Crippen MR) is 119 cm³/mol. The molecule has 1 heterocycles. The summed E-state index contributed by atoms with van der Waals surface area (Å²) in [5, 5.41) is 0. The zero-order valence-corrected chi connectivity index (χ0v) is 17.5. The number of aromatic nitrogens is 1. The standard InChI is InChI=1S/C25H27N3O2/c1-3-28(22-9-5-4-7-17(22)2)23-10-6-8-18-15-20(12-13-21(18)23)30-24-14-11-19(16-27-24)25(26)29/h4-5,7,9,11-16,23H,3,6,8,10H2,1-2H3,(H2,26,29). The maximum atomic E-state index is 11.2. The Bertz CT molecular complexity index is 1050. The quantitative estimate of drug-likeness (QED) is 0.617. The van der Waals surface area contributed by atoms with Gasteiger partial charge in [0.15, 0.2) is 0 Å². The number of nitrogens with zero attached hydrogens (tertiary/aromatic N) is 2. The van der Waals surface area contributed by atoms with Crippen LogP contribution in [0.4, 0.5) is 5.69 Å². The third-order valence-electron chi connectivity index (χ3n) is 5.78. The summed E-state index contributed by atoms with van der Waals surface area (Å²) in [7, 11) is 0. The minimum Gasteiger partial charge on any atom is -0.439 e. The number of para-hydroxylation sites is 1. The van der Waals surface area contributed by atoms with E-state index in [1.54, 1.807) is 12.1 Å². The molecule has 0 saturated carbocycles. The molecule has 0 radical (unpaired) electrons. The van der Waals surface area contributed by atoms with Crippen LogP contribution in [0.5, 0.6) is 11.6 Å². The van der Waals surface area contributed by atoms with Crippen molar-refractivity contribution >= 4 is 11.6 Å². The molecule has 1 aliphatic carbocycles. The number of rotatable bonds is 6. The number of benzene rings is 2. The van der Waals surface area contributed by atoms with E-state index in [4.69, 9.17) is 10.5 Å². The van der Waals surface area contributed by atoms with Gasteiger partial charge in [-0.25, -0.2) is 4.98 Å². The van der Waals surface area contributed by atoms with E-state index >= 15 is 0 Å². The molecular weight excluding hydrogens is 374 g/mol. The number of ether oxygens (including phenoxy) is 1. The summed E-state index contributed by atoms with van der Waals surface area (Å²) in [5.41, 5.74) is 10.9. The molecule has 5 heteroatoms. The number of amides is 1. The van der Waals surface area contributed by atoms with Crippen LogP contribution < -0.4 is 15.4 Å². The molecule has 1 amide bonds. The van der Waals surface area contributed by atoms with Crippen molar-refractivity contribution in [3.05, 3.63) is 83.0 Å². The Morgan fingerprint density at radius 2 is 2.03 bits per heavy atom. The fraction of sp³-hybridized carbons (Fsp3) is 0.280. The Balaban J connectivity index is 1.59. The third kappa shape index (κ3) is 4.01. The van der Waals surface area contributed by atoms with E-state index in [0.29, 0.717) is 17.5 Å². The highest BCUT2D eigenvalue weighted by atomic mass is 16.5. The van der Waals surface area contributed by atoms with Crippen LogP contribution in [0.2, 0.25) is 0 Å². The van der Waals surface area contributed by atoms with Crippen LogP contribution >= 0.6 is 0 Å². The van der Waals surface area contributed by atoms with Gasteiger partial charge in [0.2, 0.25) is 11.8 Å². The molecule has 0 saturated heterocycles. The lowest BCUT2D eigenvalue weighted by Gasteiger charge is -2.38. The van der Waals surface area contributed by atoms with Gasteiger partial charge in [-0.3, -0.25) is 4.79 Å². The number of anilines is 1. The Labute approximate surface area is 177 Å². The lowest BCUT2D eigenvalue weighted by Crippen LogP contribution is -2.31. The zero-order valence-electron chi connectivity index (χ0n) is 17.5. The molecule has 0 spiro atoms. The highest BCUT2D eigenvalue weighted by Crippen LogP contribution is 2.39. The highest BCUT2D eigenvalue weighted by Gasteiger charge is 2.26. The molecule has 1 atom stereocenters. The van der Waals surface area contributed by atoms with Gasteiger partial charge in [-0.05, 0) is 74.1 Å². The number of carbonyl (C=O) groups excluding carboxylic acids is 1. The van der Waals surface area contributed by atoms with Crippen LogP contribution in [0, 0.1) is 6.92 Å². The van der Waals surface area contributed by atoms with E-state index < -0.39 is 5.91 Å². The molecule has 2 N–H and O–H groups in total. The lowest BCUT2D eigenvalue weighted by atomic mass is 9.86. The normalized spacial score (nSPS) is 15.3. The lowest BCUT2D eigenvalue weighted by molar-refractivity contribution is 0.1000. The van der Waals surface area contributed by atoms with Gasteiger partial charge in [0, 0.05) is 24.5 Å². The molecule has 30 heavy (non-hydrogen) atoms. The molecule has 3 aromatic rings. The summed E-state index contributed by atoms with van der Waals surface area (Å²) >= 11 is 0. The Hall–Kier alpha value is -3.34. The fourth-order valence-electron chi connectivity index (χ4n) is 4.30. The summed E-state index contributed by atoms with van der Waals surface area (Å²) in [5.74, 6) is 0.707. The monoisotopic (exact) mass is 401 g/mol. The van der Waals surface area contributed by atoms with Crippen molar-refractivity contribution in [3.8, 4) is 11.6 Å². The Morgan fingerprint density at radius 1 is 1.20 bits per heavy atom. The van der Waals surface area contributed by atoms with Crippen molar-refractivity contribution in [2.24, 2.45) is 5.73 Å². The molecule has 0 fully saturated rings. The van der Waals surface area contributed by atoms with Crippen LogP contribution in [0.15, 0.2) is 60.8 Å². The van der Waals surface area contributed by atoms with E-state index in [9.17, 15) is 4.79 Å². The molecular formula is C25H27N3O2. The molecule has 4 rings (SSSR count). The summed E-state index contributed by atoms with van der Waals surface area (Å²) in [6.45, 7) is 5.36. The van der Waals surface area contributed by atoms with Crippen LogP contribution in [0.1, 0.15) is 52.9 Å². The van der Waals surface area contributed by atoms with Crippen molar-refractivity contribution in [3.63, 3.8) is 0 Å². The first-order valence-electron chi connectivity index (χ1n) is 10.5. The van der Waals surface area contributed by atoms with Crippen molar-refractivity contribution in [2.45, 2.75) is 39.2 Å². The first-order valence-corrected chi connectivity index (χ1v) is 10.5. The maximum absolute atomic E-state index is 11.2. The van der Waals surface area contributed by atoms with Gasteiger partial charge in [0.25, 0.3) is 0 Å². The first kappa shape index (κ1) is 20.0. The summed E-state index contributed by atoms with van der Waals surface area (Å²) in [4.78, 5) is 17.9. The maximum Gasteiger partial charge on any atom is 0.250 e. The second-order valence-corrected chi connectivity index (χ2v) is 7.69. The largest absolute Gasteiger partial charge is 0.439 e. The molecule has 1 aromatic heterocycles. The summed E-state index contributed by atoms with van der Waals surface area (Å²) in [6, 6.07) is 18.6. The van der Waals surface area contributed by atoms with Gasteiger partial charge in [0.1, 0.15) is 5.75 Å². The first-order chi connectivity index (χ1) is 14.6. The van der Waals surface area contributed by atoms with E-state index in [1.807, 2.05) is 6.07 Å². The second-order valence-electron chi connectivity index (χ2n) is 7.69. The molecule has 154 valence electrons. The van der Waals surface area contributed by atoms with E-state index in [2.05, 4.69) is 60.1 Å². The van der Waals surface area contributed by atoms with Gasteiger partial charge in [-0.2, -0.15) is 0 Å². The molecule has 1 aliphatic rings. The van der Waals surface area contributed by atoms with Crippen LogP contribution in [0.3, 0.4) is 0 Å². The minimum atomic E-state index is -0.497. The highest BCUT2D eigenvalue weighted by molar-refractivity contribution is 5.92. The number of nitrogens with two attached hydrogens (primary N) is 1. The molecule has 0 aliphatic heterocycles. The van der Waals surface area contributed by atoms with Gasteiger partial charge in [-0.1, -0.05) is 24.3 Å². The number of pyridine rings is 1. The zero-order chi connectivity index (χ0) is 21.1. The molecule has 5 nitrogen and oxygen atoms in total. The average Bonchev–Trinajstić information content (AvgIpc) is 2.76. The van der Waals surface area contributed by atoms with Crippen molar-refractivity contribution in [2.75, 3.05) is 11.4 Å². The predicted octanol–water partition coefficient (Wildman–Crippen LogP) is 5.19. The van der Waals surface area contributed by atoms with Gasteiger partial charge < -0.3 is 15.4 Å². The summed E-state index contributed by atoms with van der Waals surface area (Å²) in [6.07, 6.45) is 4.77. The summed E-state index contributed by atoms with van der Waals surface area (Å²) < 4.78 is 5.93. The van der Waals surface area contributed by atoms with Crippen molar-refractivity contribution < 1.29 is 9.53 Å². The second kappa shape index (κ2) is 8.57. The smallest absolute Gasteiger partial charge is 0.250 e. The van der Waals surface area contributed by atoms with Crippen molar-refractivity contribution in [1.29, 1.82) is 0 Å². The van der Waals surface area contributed by atoms with E-state index in [0.717, 1.165) is 31.6 Å². The molecule has 0 bridgehead atoms. The van der Waals surface area contributed by atoms with Crippen LogP contribution in [0.25, 0.3) is 0 Å². The van der Waals surface area contributed by atoms with Gasteiger partial charge in [-0.15, -0.1) is 0 Å². The van der Waals surface area contributed by atoms with Crippen LogP contribution in [-0.4, -0.2) is 17.4 Å². The fourth-order valence-corrected chi connectivity index (χ4v) is 4.30. The Kier molecular flexibility index (Phi) is 5.70. The van der Waals surface area contributed by atoms with Crippen molar-refractivity contribution in [1.82, 2.24) is 4.98 Å². The molecule has 2 aromatic carbocycles. The third-order valence-corrected chi connectivity index (χ3v) is 5.78. The number of primary amides is 1. The minimum absolute atomic E-state index is 0.363. The Morgan fingerprint density at radius 3 is 2.73 bits per heavy atom.